The maximum absolute atomic E-state index is 12.6. The van der Waals surface area contributed by atoms with Crippen LogP contribution in [0.5, 0.6) is 0 Å². The van der Waals surface area contributed by atoms with Crippen LogP contribution in [0.1, 0.15) is 30.4 Å². The lowest BCUT2D eigenvalue weighted by molar-refractivity contribution is 0.0199. The van der Waals surface area contributed by atoms with Crippen molar-refractivity contribution in [3.63, 3.8) is 0 Å². The summed E-state index contributed by atoms with van der Waals surface area (Å²) in [4.78, 5) is 21.0. The highest BCUT2D eigenvalue weighted by molar-refractivity contribution is 7.92. The Balaban J connectivity index is 2.22. The summed E-state index contributed by atoms with van der Waals surface area (Å²) in [6, 6.07) is 0. The molecular weight excluding hydrogens is 310 g/mol. The van der Waals surface area contributed by atoms with Crippen molar-refractivity contribution in [3.8, 4) is 0 Å². The van der Waals surface area contributed by atoms with Gasteiger partial charge in [0.2, 0.25) is 14.2 Å². The zero-order chi connectivity index (χ0) is 15.8. The minimum atomic E-state index is -3.36. The highest BCUT2D eigenvalue weighted by atomic mass is 32.2. The minimum Gasteiger partial charge on any atom is -0.330 e. The van der Waals surface area contributed by atoms with Crippen LogP contribution in [0.25, 0.3) is 0 Å². The lowest BCUT2D eigenvalue weighted by Gasteiger charge is -2.46. The van der Waals surface area contributed by atoms with Crippen LogP contribution in [0.2, 0.25) is 0 Å². The largest absolute Gasteiger partial charge is 0.330 e. The van der Waals surface area contributed by atoms with Gasteiger partial charge in [-0.15, -0.1) is 0 Å². The topological polar surface area (TPSA) is 70.6 Å². The van der Waals surface area contributed by atoms with E-state index in [2.05, 4.69) is 16.8 Å². The molecule has 1 aliphatic rings. The van der Waals surface area contributed by atoms with Crippen LogP contribution in [0.15, 0.2) is 10.5 Å². The van der Waals surface area contributed by atoms with E-state index in [4.69, 9.17) is 0 Å². The Morgan fingerprint density at radius 2 is 2.10 bits per heavy atom. The number of thiazole rings is 1. The summed E-state index contributed by atoms with van der Waals surface area (Å²) < 4.78 is 22.9. The van der Waals surface area contributed by atoms with Gasteiger partial charge >= 0.3 is 0 Å². The maximum atomic E-state index is 12.6. The van der Waals surface area contributed by atoms with E-state index in [0.29, 0.717) is 11.4 Å². The third-order valence-electron chi connectivity index (χ3n) is 3.69. The number of carbonyl (C=O) groups is 1. The monoisotopic (exact) mass is 331 g/mol. The molecule has 0 spiro atoms. The Morgan fingerprint density at radius 1 is 1.43 bits per heavy atom. The first-order chi connectivity index (χ1) is 9.65. The number of amides is 1. The van der Waals surface area contributed by atoms with Gasteiger partial charge in [-0.1, -0.05) is 18.3 Å². The van der Waals surface area contributed by atoms with Gasteiger partial charge in [-0.05, 0) is 20.4 Å². The molecule has 1 saturated heterocycles. The number of piperazine rings is 1. The van der Waals surface area contributed by atoms with Crippen molar-refractivity contribution in [2.24, 2.45) is 0 Å². The van der Waals surface area contributed by atoms with Gasteiger partial charge in [-0.25, -0.2) is 13.4 Å². The number of sulfone groups is 1. The summed E-state index contributed by atoms with van der Waals surface area (Å²) in [5, 5.41) is 0. The molecule has 0 aromatic carbocycles. The number of carbonyl (C=O) groups excluding carboxylic acids is 1. The molecule has 118 valence electrons. The van der Waals surface area contributed by atoms with Gasteiger partial charge in [0.15, 0.2) is 0 Å². The molecule has 2 heterocycles. The van der Waals surface area contributed by atoms with Crippen LogP contribution < -0.4 is 0 Å². The fraction of sp³-hybridized carbons (Fsp3) is 0.692. The minimum absolute atomic E-state index is 0.00384. The van der Waals surface area contributed by atoms with Gasteiger partial charge in [-0.2, -0.15) is 0 Å². The normalized spacial score (nSPS) is 19.7. The molecule has 1 aromatic heterocycles. The smallest absolute Gasteiger partial charge is 0.266 e. The summed E-state index contributed by atoms with van der Waals surface area (Å²) in [5.41, 5.74) is -0.277. The van der Waals surface area contributed by atoms with Crippen LogP contribution in [0, 0.1) is 0 Å². The second-order valence-corrected chi connectivity index (χ2v) is 9.12. The van der Waals surface area contributed by atoms with Crippen molar-refractivity contribution in [1.82, 2.24) is 14.8 Å². The van der Waals surface area contributed by atoms with E-state index in [9.17, 15) is 13.2 Å². The van der Waals surface area contributed by atoms with Crippen LogP contribution in [0.4, 0.5) is 0 Å². The number of rotatable bonds is 3. The van der Waals surface area contributed by atoms with E-state index in [1.807, 2.05) is 18.7 Å². The van der Waals surface area contributed by atoms with Crippen molar-refractivity contribution in [1.29, 1.82) is 0 Å². The molecule has 2 rings (SSSR count). The molecule has 0 radical (unpaired) electrons. The number of likely N-dealkylation sites (N-methyl/N-ethyl adjacent to an activating group) is 1. The first-order valence-corrected chi connectivity index (χ1v) is 9.56. The highest BCUT2D eigenvalue weighted by Crippen LogP contribution is 2.26. The predicted octanol–water partition coefficient (Wildman–Crippen LogP) is 1.10. The Labute approximate surface area is 129 Å². The van der Waals surface area contributed by atoms with Crippen LogP contribution >= 0.6 is 11.3 Å². The van der Waals surface area contributed by atoms with Gasteiger partial charge in [0.1, 0.15) is 4.88 Å². The molecule has 0 unspecified atom stereocenters. The van der Waals surface area contributed by atoms with Gasteiger partial charge in [0, 0.05) is 25.9 Å². The lowest BCUT2D eigenvalue weighted by Crippen LogP contribution is -2.60. The molecule has 1 amide bonds. The molecule has 8 heteroatoms. The van der Waals surface area contributed by atoms with Gasteiger partial charge in [-0.3, -0.25) is 9.69 Å². The maximum Gasteiger partial charge on any atom is 0.266 e. The van der Waals surface area contributed by atoms with Crippen molar-refractivity contribution < 1.29 is 13.2 Å². The third-order valence-corrected chi connectivity index (χ3v) is 6.36. The van der Waals surface area contributed by atoms with Gasteiger partial charge in [0.25, 0.3) is 5.91 Å². The molecule has 1 aliphatic heterocycles. The molecule has 21 heavy (non-hydrogen) atoms. The Hall–Kier alpha value is -0.990. The van der Waals surface area contributed by atoms with E-state index in [1.54, 1.807) is 0 Å². The van der Waals surface area contributed by atoms with Crippen molar-refractivity contribution >= 4 is 27.1 Å². The summed E-state index contributed by atoms with van der Waals surface area (Å²) in [6.45, 7) is 9.43. The van der Waals surface area contributed by atoms with Crippen molar-refractivity contribution in [3.05, 3.63) is 11.1 Å². The van der Waals surface area contributed by atoms with Gasteiger partial charge in [0.05, 0.1) is 11.7 Å². The van der Waals surface area contributed by atoms with Crippen LogP contribution in [-0.2, 0) is 9.84 Å². The number of hydrogen-bond acceptors (Lipinski definition) is 6. The summed E-state index contributed by atoms with van der Waals surface area (Å²) in [6.07, 6.45) is 2.47. The first kappa shape index (κ1) is 16.4. The Kier molecular flexibility index (Phi) is 4.41. The zero-order valence-corrected chi connectivity index (χ0v) is 14.4. The second kappa shape index (κ2) is 5.66. The molecule has 1 aromatic rings. The number of nitrogens with zero attached hydrogens (tertiary/aromatic N) is 3. The molecule has 0 bridgehead atoms. The van der Waals surface area contributed by atoms with Crippen LogP contribution in [0.3, 0.4) is 0 Å². The summed E-state index contributed by atoms with van der Waals surface area (Å²) in [7, 11) is -3.36. The third kappa shape index (κ3) is 3.44. The van der Waals surface area contributed by atoms with Crippen LogP contribution in [-0.4, -0.2) is 67.1 Å². The summed E-state index contributed by atoms with van der Waals surface area (Å²) >= 11 is 0.945. The van der Waals surface area contributed by atoms with E-state index in [-0.39, 0.29) is 15.8 Å². The standard InChI is InChI=1S/C13H21N3O3S2/c1-5-15-6-7-16(13(2,3)9-15)11(17)10-8-14-12(20-10)21(4,18)19/h8H,5-7,9H2,1-4H3. The predicted molar refractivity (Wildman–Crippen MR) is 82.5 cm³/mol. The molecular formula is C13H21N3O3S2. The summed E-state index contributed by atoms with van der Waals surface area (Å²) in [5.74, 6) is -0.136. The second-order valence-electron chi connectivity index (χ2n) is 5.90. The molecule has 1 fully saturated rings. The fourth-order valence-electron chi connectivity index (χ4n) is 2.56. The molecule has 6 nitrogen and oxygen atoms in total. The fourth-order valence-corrected chi connectivity index (χ4v) is 4.28. The van der Waals surface area contributed by atoms with E-state index >= 15 is 0 Å². The average Bonchev–Trinajstić information content (AvgIpc) is 2.86. The quantitative estimate of drug-likeness (QED) is 0.829. The molecule has 0 N–H and O–H groups in total. The first-order valence-electron chi connectivity index (χ1n) is 6.85. The van der Waals surface area contributed by atoms with Gasteiger partial charge < -0.3 is 4.90 Å². The number of hydrogen-bond donors (Lipinski definition) is 0. The zero-order valence-electron chi connectivity index (χ0n) is 12.8. The van der Waals surface area contributed by atoms with Crippen molar-refractivity contribution in [2.75, 3.05) is 32.4 Å². The highest BCUT2D eigenvalue weighted by Gasteiger charge is 2.37. The SMILES string of the molecule is CCN1CCN(C(=O)c2cnc(S(C)(=O)=O)s2)C(C)(C)C1. The lowest BCUT2D eigenvalue weighted by atomic mass is 9.98. The molecule has 0 atom stereocenters. The van der Waals surface area contributed by atoms with Crippen molar-refractivity contribution in [2.45, 2.75) is 30.6 Å². The Bertz CT molecular complexity index is 637. The van der Waals surface area contributed by atoms with E-state index < -0.39 is 9.84 Å². The average molecular weight is 331 g/mol. The Morgan fingerprint density at radius 3 is 2.57 bits per heavy atom. The molecule has 0 aliphatic carbocycles. The van der Waals surface area contributed by atoms with E-state index in [1.165, 1.54) is 6.20 Å². The van der Waals surface area contributed by atoms with E-state index in [0.717, 1.165) is 37.2 Å². The number of aromatic nitrogens is 1. The molecule has 0 saturated carbocycles.